The van der Waals surface area contributed by atoms with E-state index < -0.39 is 0 Å². The van der Waals surface area contributed by atoms with E-state index in [0.717, 1.165) is 18.4 Å². The van der Waals surface area contributed by atoms with Gasteiger partial charge in [-0.05, 0) is 24.8 Å². The minimum absolute atomic E-state index is 0.103. The summed E-state index contributed by atoms with van der Waals surface area (Å²) in [5.41, 5.74) is 6.83. The molecule has 3 heteroatoms. The zero-order chi connectivity index (χ0) is 12.1. The minimum atomic E-state index is -0.103. The highest BCUT2D eigenvalue weighted by Gasteiger charge is 2.12. The van der Waals surface area contributed by atoms with Crippen molar-refractivity contribution in [1.29, 1.82) is 0 Å². The number of rotatable bonds is 5. The number of hydrogen-bond donors (Lipinski definition) is 2. The second-order valence-electron chi connectivity index (χ2n) is 4.50. The minimum Gasteiger partial charge on any atom is -0.507 e. The molecule has 0 spiro atoms. The van der Waals surface area contributed by atoms with Crippen LogP contribution >= 0.6 is 0 Å². The zero-order valence-corrected chi connectivity index (χ0v) is 10.2. The zero-order valence-electron chi connectivity index (χ0n) is 10.2. The molecule has 1 atom stereocenters. The van der Waals surface area contributed by atoms with Crippen LogP contribution in [0.4, 0.5) is 0 Å². The van der Waals surface area contributed by atoms with E-state index in [4.69, 9.17) is 10.5 Å². The Labute approximate surface area is 97.2 Å². The van der Waals surface area contributed by atoms with Crippen LogP contribution in [0.25, 0.3) is 0 Å². The smallest absolute Gasteiger partial charge is 0.124 e. The molecular formula is C13H21NO2. The summed E-state index contributed by atoms with van der Waals surface area (Å²) in [5, 5.41) is 9.80. The molecular weight excluding hydrogens is 202 g/mol. The first kappa shape index (κ1) is 12.8. The van der Waals surface area contributed by atoms with Gasteiger partial charge in [-0.1, -0.05) is 19.9 Å². The average molecular weight is 223 g/mol. The summed E-state index contributed by atoms with van der Waals surface area (Å²) in [6.07, 6.45) is 1.95. The fourth-order valence-corrected chi connectivity index (χ4v) is 1.63. The van der Waals surface area contributed by atoms with E-state index >= 15 is 0 Å². The summed E-state index contributed by atoms with van der Waals surface area (Å²) in [6.45, 7) is 4.33. The maximum atomic E-state index is 9.80. The first-order valence-corrected chi connectivity index (χ1v) is 5.67. The highest BCUT2D eigenvalue weighted by atomic mass is 16.5. The standard InChI is InChI=1S/C13H21NO2/c1-9(2)4-7-12(14)11-6-5-10(16-3)8-13(11)15/h5-6,8-9,12,15H,4,7,14H2,1-3H3/t12-/m0/s1. The van der Waals surface area contributed by atoms with E-state index in [9.17, 15) is 5.11 Å². The third-order valence-electron chi connectivity index (χ3n) is 2.69. The summed E-state index contributed by atoms with van der Waals surface area (Å²) in [5.74, 6) is 1.50. The predicted octanol–water partition coefficient (Wildman–Crippen LogP) is 2.84. The van der Waals surface area contributed by atoms with Crippen LogP contribution in [0.1, 0.15) is 38.3 Å². The highest BCUT2D eigenvalue weighted by molar-refractivity contribution is 5.41. The van der Waals surface area contributed by atoms with Crippen LogP contribution in [0, 0.1) is 5.92 Å². The molecule has 1 rings (SSSR count). The van der Waals surface area contributed by atoms with Gasteiger partial charge in [0.15, 0.2) is 0 Å². The number of phenolic OH excluding ortho intramolecular Hbond substituents is 1. The number of aromatic hydroxyl groups is 1. The van der Waals surface area contributed by atoms with Gasteiger partial charge in [-0.15, -0.1) is 0 Å². The summed E-state index contributed by atoms with van der Waals surface area (Å²) in [6, 6.07) is 5.15. The van der Waals surface area contributed by atoms with Gasteiger partial charge in [0.2, 0.25) is 0 Å². The molecule has 16 heavy (non-hydrogen) atoms. The average Bonchev–Trinajstić information content (AvgIpc) is 2.25. The topological polar surface area (TPSA) is 55.5 Å². The Kier molecular flexibility index (Phi) is 4.62. The Morgan fingerprint density at radius 2 is 2.00 bits per heavy atom. The molecule has 0 saturated heterocycles. The fourth-order valence-electron chi connectivity index (χ4n) is 1.63. The Balaban J connectivity index is 2.71. The molecule has 0 bridgehead atoms. The number of ether oxygens (including phenoxy) is 1. The fraction of sp³-hybridized carbons (Fsp3) is 0.538. The van der Waals surface area contributed by atoms with Gasteiger partial charge >= 0.3 is 0 Å². The molecule has 3 N–H and O–H groups in total. The van der Waals surface area contributed by atoms with Crippen LogP contribution in [0.3, 0.4) is 0 Å². The number of phenols is 1. The van der Waals surface area contributed by atoms with Crippen molar-refractivity contribution in [2.75, 3.05) is 7.11 Å². The van der Waals surface area contributed by atoms with E-state index in [2.05, 4.69) is 13.8 Å². The molecule has 0 unspecified atom stereocenters. The SMILES string of the molecule is COc1ccc([C@@H](N)CCC(C)C)c(O)c1. The Morgan fingerprint density at radius 3 is 2.50 bits per heavy atom. The molecule has 0 aromatic heterocycles. The van der Waals surface area contributed by atoms with Crippen molar-refractivity contribution in [3.63, 3.8) is 0 Å². The lowest BCUT2D eigenvalue weighted by Crippen LogP contribution is -2.11. The van der Waals surface area contributed by atoms with Crippen molar-refractivity contribution >= 4 is 0 Å². The molecule has 0 fully saturated rings. The predicted molar refractivity (Wildman–Crippen MR) is 65.7 cm³/mol. The molecule has 0 aliphatic carbocycles. The van der Waals surface area contributed by atoms with Crippen molar-refractivity contribution in [3.05, 3.63) is 23.8 Å². The van der Waals surface area contributed by atoms with Crippen molar-refractivity contribution in [2.45, 2.75) is 32.7 Å². The third-order valence-corrected chi connectivity index (χ3v) is 2.69. The van der Waals surface area contributed by atoms with E-state index in [1.54, 1.807) is 13.2 Å². The first-order chi connectivity index (χ1) is 7.54. The normalized spacial score (nSPS) is 12.8. The van der Waals surface area contributed by atoms with Gasteiger partial charge in [-0.25, -0.2) is 0 Å². The van der Waals surface area contributed by atoms with Gasteiger partial charge in [-0.3, -0.25) is 0 Å². The van der Waals surface area contributed by atoms with E-state index in [-0.39, 0.29) is 11.8 Å². The van der Waals surface area contributed by atoms with Gasteiger partial charge in [0.25, 0.3) is 0 Å². The quantitative estimate of drug-likeness (QED) is 0.807. The van der Waals surface area contributed by atoms with Gasteiger partial charge < -0.3 is 15.6 Å². The molecule has 0 saturated carbocycles. The van der Waals surface area contributed by atoms with Crippen LogP contribution in [0.2, 0.25) is 0 Å². The van der Waals surface area contributed by atoms with Gasteiger partial charge in [-0.2, -0.15) is 0 Å². The highest BCUT2D eigenvalue weighted by Crippen LogP contribution is 2.29. The number of nitrogens with two attached hydrogens (primary N) is 1. The van der Waals surface area contributed by atoms with Crippen molar-refractivity contribution in [3.8, 4) is 11.5 Å². The van der Waals surface area contributed by atoms with Crippen LogP contribution in [-0.2, 0) is 0 Å². The van der Waals surface area contributed by atoms with Crippen molar-refractivity contribution < 1.29 is 9.84 Å². The molecule has 1 aromatic rings. The van der Waals surface area contributed by atoms with Crippen LogP contribution in [-0.4, -0.2) is 12.2 Å². The summed E-state index contributed by atoms with van der Waals surface area (Å²) < 4.78 is 5.03. The van der Waals surface area contributed by atoms with Gasteiger partial charge in [0.05, 0.1) is 7.11 Å². The monoisotopic (exact) mass is 223 g/mol. The van der Waals surface area contributed by atoms with Crippen molar-refractivity contribution in [1.82, 2.24) is 0 Å². The first-order valence-electron chi connectivity index (χ1n) is 5.67. The number of methoxy groups -OCH3 is 1. The van der Waals surface area contributed by atoms with E-state index in [1.807, 2.05) is 12.1 Å². The van der Waals surface area contributed by atoms with Crippen LogP contribution in [0.15, 0.2) is 18.2 Å². The lowest BCUT2D eigenvalue weighted by Gasteiger charge is -2.15. The molecule has 0 aliphatic rings. The molecule has 90 valence electrons. The third kappa shape index (κ3) is 3.42. The van der Waals surface area contributed by atoms with Crippen LogP contribution < -0.4 is 10.5 Å². The van der Waals surface area contributed by atoms with Crippen LogP contribution in [0.5, 0.6) is 11.5 Å². The molecule has 3 nitrogen and oxygen atoms in total. The van der Waals surface area contributed by atoms with Gasteiger partial charge in [0, 0.05) is 17.7 Å². The lowest BCUT2D eigenvalue weighted by atomic mass is 9.97. The largest absolute Gasteiger partial charge is 0.507 e. The number of hydrogen-bond acceptors (Lipinski definition) is 3. The van der Waals surface area contributed by atoms with E-state index in [0.29, 0.717) is 11.7 Å². The molecule has 0 amide bonds. The maximum absolute atomic E-state index is 9.80. The maximum Gasteiger partial charge on any atom is 0.124 e. The molecule has 0 aliphatic heterocycles. The summed E-state index contributed by atoms with van der Waals surface area (Å²) in [7, 11) is 1.58. The van der Waals surface area contributed by atoms with Gasteiger partial charge in [0.1, 0.15) is 11.5 Å². The Bertz CT molecular complexity index is 337. The summed E-state index contributed by atoms with van der Waals surface area (Å²) in [4.78, 5) is 0. The Hall–Kier alpha value is -1.22. The number of benzene rings is 1. The second kappa shape index (κ2) is 5.75. The lowest BCUT2D eigenvalue weighted by molar-refractivity contribution is 0.403. The molecule has 0 heterocycles. The summed E-state index contributed by atoms with van der Waals surface area (Å²) >= 11 is 0. The Morgan fingerprint density at radius 1 is 1.31 bits per heavy atom. The van der Waals surface area contributed by atoms with E-state index in [1.165, 1.54) is 0 Å². The second-order valence-corrected chi connectivity index (χ2v) is 4.50. The molecule has 1 aromatic carbocycles. The van der Waals surface area contributed by atoms with Crippen molar-refractivity contribution in [2.24, 2.45) is 11.7 Å². The molecule has 0 radical (unpaired) electrons.